The van der Waals surface area contributed by atoms with E-state index in [1.54, 1.807) is 0 Å². The highest BCUT2D eigenvalue weighted by molar-refractivity contribution is 7.91. The van der Waals surface area contributed by atoms with Gasteiger partial charge in [-0.1, -0.05) is 54.6 Å². The summed E-state index contributed by atoms with van der Waals surface area (Å²) in [6, 6.07) is 18.2. The molecule has 0 spiro atoms. The van der Waals surface area contributed by atoms with E-state index >= 15 is 0 Å². The van der Waals surface area contributed by atoms with E-state index < -0.39 is 9.84 Å². The Balaban J connectivity index is 1.78. The van der Waals surface area contributed by atoms with Crippen LogP contribution in [0.25, 0.3) is 11.1 Å². The summed E-state index contributed by atoms with van der Waals surface area (Å²) in [5, 5.41) is -0.230. The molecule has 2 aromatic carbocycles. The van der Waals surface area contributed by atoms with Crippen molar-refractivity contribution in [1.82, 2.24) is 0 Å². The number of benzene rings is 2. The summed E-state index contributed by atoms with van der Waals surface area (Å²) >= 11 is 6.47. The summed E-state index contributed by atoms with van der Waals surface area (Å²) < 4.78 is 23.1. The molecule has 2 aromatic rings. The maximum absolute atomic E-state index is 11.6. The molecule has 0 N–H and O–H groups in total. The largest absolute Gasteiger partial charge is 0.229 e. The molecular formula is C17H17ClO2S. The second kappa shape index (κ2) is 5.82. The summed E-state index contributed by atoms with van der Waals surface area (Å²) in [5.74, 6) is 0.504. The lowest BCUT2D eigenvalue weighted by atomic mass is 9.96. The Morgan fingerprint density at radius 1 is 0.952 bits per heavy atom. The van der Waals surface area contributed by atoms with Crippen LogP contribution in [-0.2, 0) is 9.84 Å². The number of sulfone groups is 1. The predicted molar refractivity (Wildman–Crippen MR) is 87.2 cm³/mol. The van der Waals surface area contributed by atoms with E-state index in [-0.39, 0.29) is 22.8 Å². The van der Waals surface area contributed by atoms with Gasteiger partial charge in [-0.15, -0.1) is 11.6 Å². The van der Waals surface area contributed by atoms with Gasteiger partial charge in [0.1, 0.15) is 0 Å². The van der Waals surface area contributed by atoms with Crippen molar-refractivity contribution in [3.05, 3.63) is 60.2 Å². The maximum atomic E-state index is 11.6. The number of alkyl halides is 1. The Kier molecular flexibility index (Phi) is 4.05. The molecule has 1 aliphatic heterocycles. The van der Waals surface area contributed by atoms with Gasteiger partial charge in [0.15, 0.2) is 9.84 Å². The summed E-state index contributed by atoms with van der Waals surface area (Å²) in [4.78, 5) is 0. The number of hydrogen-bond donors (Lipinski definition) is 0. The van der Waals surface area contributed by atoms with Crippen LogP contribution in [0, 0.1) is 5.92 Å². The van der Waals surface area contributed by atoms with Crippen LogP contribution in [0.5, 0.6) is 0 Å². The molecule has 1 fully saturated rings. The van der Waals surface area contributed by atoms with Gasteiger partial charge in [0.25, 0.3) is 0 Å². The first-order valence-corrected chi connectivity index (χ1v) is 9.31. The number of halogens is 1. The second-order valence-electron chi connectivity index (χ2n) is 5.55. The first-order chi connectivity index (χ1) is 10.1. The predicted octanol–water partition coefficient (Wildman–Crippen LogP) is 4.07. The van der Waals surface area contributed by atoms with Crippen LogP contribution in [0.4, 0.5) is 0 Å². The lowest BCUT2D eigenvalue weighted by molar-refractivity contribution is 0.569. The molecule has 0 bridgehead atoms. The maximum Gasteiger partial charge on any atom is 0.150 e. The van der Waals surface area contributed by atoms with Crippen molar-refractivity contribution in [2.45, 2.75) is 11.8 Å². The van der Waals surface area contributed by atoms with Crippen LogP contribution in [0.2, 0.25) is 0 Å². The molecule has 2 nitrogen and oxygen atoms in total. The fraction of sp³-hybridized carbons (Fsp3) is 0.294. The molecule has 2 unspecified atom stereocenters. The van der Waals surface area contributed by atoms with Crippen molar-refractivity contribution in [3.8, 4) is 11.1 Å². The molecule has 1 saturated heterocycles. The minimum Gasteiger partial charge on any atom is -0.229 e. The van der Waals surface area contributed by atoms with Crippen molar-refractivity contribution < 1.29 is 8.42 Å². The lowest BCUT2D eigenvalue weighted by Crippen LogP contribution is -2.10. The van der Waals surface area contributed by atoms with Crippen LogP contribution < -0.4 is 0 Å². The van der Waals surface area contributed by atoms with E-state index in [9.17, 15) is 8.42 Å². The molecule has 0 saturated carbocycles. The zero-order valence-electron chi connectivity index (χ0n) is 11.6. The Bertz CT molecular complexity index is 708. The third-order valence-corrected chi connectivity index (χ3v) is 6.42. The standard InChI is InChI=1S/C17H17ClO2S/c18-17(16-10-11-21(19,20)12-16)15-8-6-14(7-9-15)13-4-2-1-3-5-13/h1-9,16-17H,10-12H2. The minimum atomic E-state index is -2.88. The molecule has 0 aliphatic carbocycles. The summed E-state index contributed by atoms with van der Waals surface area (Å²) in [6.45, 7) is 0. The molecule has 0 radical (unpaired) electrons. The van der Waals surface area contributed by atoms with Crippen LogP contribution in [0.15, 0.2) is 54.6 Å². The highest BCUT2D eigenvalue weighted by atomic mass is 35.5. The van der Waals surface area contributed by atoms with Gasteiger partial charge >= 0.3 is 0 Å². The van der Waals surface area contributed by atoms with Crippen molar-refractivity contribution >= 4 is 21.4 Å². The van der Waals surface area contributed by atoms with E-state index in [4.69, 9.17) is 11.6 Å². The van der Waals surface area contributed by atoms with Gasteiger partial charge in [0.2, 0.25) is 0 Å². The molecule has 0 amide bonds. The van der Waals surface area contributed by atoms with Gasteiger partial charge in [0.05, 0.1) is 16.9 Å². The van der Waals surface area contributed by atoms with Crippen LogP contribution in [0.3, 0.4) is 0 Å². The SMILES string of the molecule is O=S1(=O)CCC(C(Cl)c2ccc(-c3ccccc3)cc2)C1. The lowest BCUT2D eigenvalue weighted by Gasteiger charge is -2.16. The number of rotatable bonds is 3. The van der Waals surface area contributed by atoms with Gasteiger partial charge in [-0.3, -0.25) is 0 Å². The van der Waals surface area contributed by atoms with Crippen molar-refractivity contribution in [3.63, 3.8) is 0 Å². The van der Waals surface area contributed by atoms with Gasteiger partial charge in [-0.2, -0.15) is 0 Å². The zero-order chi connectivity index (χ0) is 14.9. The van der Waals surface area contributed by atoms with E-state index in [1.807, 2.05) is 42.5 Å². The molecular weight excluding hydrogens is 304 g/mol. The quantitative estimate of drug-likeness (QED) is 0.799. The fourth-order valence-corrected chi connectivity index (χ4v) is 5.12. The van der Waals surface area contributed by atoms with Crippen LogP contribution >= 0.6 is 11.6 Å². The third kappa shape index (κ3) is 3.30. The summed E-state index contributed by atoms with van der Waals surface area (Å²) in [7, 11) is -2.88. The van der Waals surface area contributed by atoms with Crippen molar-refractivity contribution in [2.24, 2.45) is 5.92 Å². The Hall–Kier alpha value is -1.32. The zero-order valence-corrected chi connectivity index (χ0v) is 13.1. The number of hydrogen-bond acceptors (Lipinski definition) is 2. The minimum absolute atomic E-state index is 0.0271. The highest BCUT2D eigenvalue weighted by Crippen LogP contribution is 2.36. The molecule has 1 heterocycles. The van der Waals surface area contributed by atoms with Crippen molar-refractivity contribution in [1.29, 1.82) is 0 Å². The molecule has 1 aliphatic rings. The third-order valence-electron chi connectivity index (χ3n) is 4.02. The fourth-order valence-electron chi connectivity index (χ4n) is 2.82. The van der Waals surface area contributed by atoms with Gasteiger partial charge in [-0.25, -0.2) is 8.42 Å². The average molecular weight is 321 g/mol. The van der Waals surface area contributed by atoms with Crippen LogP contribution in [0.1, 0.15) is 17.4 Å². The first kappa shape index (κ1) is 14.6. The van der Waals surface area contributed by atoms with E-state index in [2.05, 4.69) is 12.1 Å². The molecule has 21 heavy (non-hydrogen) atoms. The highest BCUT2D eigenvalue weighted by Gasteiger charge is 2.33. The average Bonchev–Trinajstić information content (AvgIpc) is 2.88. The molecule has 110 valence electrons. The summed E-state index contributed by atoms with van der Waals surface area (Å²) in [5.41, 5.74) is 3.30. The van der Waals surface area contributed by atoms with Crippen molar-refractivity contribution in [2.75, 3.05) is 11.5 Å². The van der Waals surface area contributed by atoms with Crippen LogP contribution in [-0.4, -0.2) is 19.9 Å². The van der Waals surface area contributed by atoms with Gasteiger partial charge in [0, 0.05) is 0 Å². The van der Waals surface area contributed by atoms with E-state index in [0.717, 1.165) is 11.1 Å². The smallest absolute Gasteiger partial charge is 0.150 e. The van der Waals surface area contributed by atoms with E-state index in [0.29, 0.717) is 6.42 Å². The molecule has 0 aromatic heterocycles. The van der Waals surface area contributed by atoms with Gasteiger partial charge in [-0.05, 0) is 29.0 Å². The Morgan fingerprint density at radius 3 is 2.14 bits per heavy atom. The van der Waals surface area contributed by atoms with E-state index in [1.165, 1.54) is 5.56 Å². The topological polar surface area (TPSA) is 34.1 Å². The van der Waals surface area contributed by atoms with Gasteiger partial charge < -0.3 is 0 Å². The molecule has 3 rings (SSSR count). The normalized spacial score (nSPS) is 22.0. The summed E-state index contributed by atoms with van der Waals surface area (Å²) in [6.07, 6.45) is 0.664. The Labute approximate surface area is 130 Å². The molecule has 4 heteroatoms. The Morgan fingerprint density at radius 2 is 1.57 bits per heavy atom. The molecule has 2 atom stereocenters. The monoisotopic (exact) mass is 320 g/mol. The first-order valence-electron chi connectivity index (χ1n) is 7.05. The second-order valence-corrected chi connectivity index (χ2v) is 8.25.